The van der Waals surface area contributed by atoms with Crippen molar-refractivity contribution in [2.24, 2.45) is 0 Å². The Balaban J connectivity index is 0.00000136. The molecule has 1 fully saturated rings. The largest absolute Gasteiger partial charge is 1.00 e. The van der Waals surface area contributed by atoms with Crippen LogP contribution in [0.2, 0.25) is 0 Å². The van der Waals surface area contributed by atoms with E-state index in [2.05, 4.69) is 79.4 Å². The number of rotatable bonds is 4. The Kier molecular flexibility index (Phi) is 5.97. The topological polar surface area (TPSA) is 60.9 Å². The summed E-state index contributed by atoms with van der Waals surface area (Å²) in [4.78, 5) is 14.0. The van der Waals surface area contributed by atoms with Gasteiger partial charge >= 0.3 is 0 Å². The quantitative estimate of drug-likeness (QED) is 0.535. The van der Waals surface area contributed by atoms with E-state index in [1.165, 1.54) is 11.1 Å². The Hall–Kier alpha value is -2.96. The Morgan fingerprint density at radius 1 is 0.967 bits per heavy atom. The molecular formula is C23H26ClN6-. The minimum absolute atomic E-state index is 0. The molecule has 30 heavy (non-hydrogen) atoms. The monoisotopic (exact) mass is 421 g/mol. The lowest BCUT2D eigenvalue weighted by Gasteiger charge is -2.35. The first-order chi connectivity index (χ1) is 14.3. The molecule has 0 atom stereocenters. The van der Waals surface area contributed by atoms with Crippen molar-refractivity contribution in [1.82, 2.24) is 25.1 Å². The van der Waals surface area contributed by atoms with Gasteiger partial charge in [-0.1, -0.05) is 35.9 Å². The second-order valence-corrected chi connectivity index (χ2v) is 7.66. The van der Waals surface area contributed by atoms with E-state index in [9.17, 15) is 0 Å². The van der Waals surface area contributed by atoms with Crippen molar-refractivity contribution in [3.8, 4) is 11.1 Å². The second-order valence-electron chi connectivity index (χ2n) is 7.66. The molecule has 5 rings (SSSR count). The average Bonchev–Trinajstić information content (AvgIpc) is 3.30. The van der Waals surface area contributed by atoms with Crippen LogP contribution in [-0.4, -0.2) is 51.2 Å². The molecule has 0 radical (unpaired) electrons. The molecule has 0 saturated carbocycles. The smallest absolute Gasteiger partial charge is 0.139 e. The Bertz CT molecular complexity index is 1110. The van der Waals surface area contributed by atoms with Crippen LogP contribution in [0.3, 0.4) is 0 Å². The van der Waals surface area contributed by atoms with E-state index >= 15 is 0 Å². The number of aryl methyl sites for hydroxylation is 1. The Morgan fingerprint density at radius 3 is 2.50 bits per heavy atom. The van der Waals surface area contributed by atoms with Crippen molar-refractivity contribution in [2.75, 3.05) is 31.1 Å². The predicted octanol–water partition coefficient (Wildman–Crippen LogP) is 4.18. The molecule has 0 unspecified atom stereocenters. The fourth-order valence-electron chi connectivity index (χ4n) is 3.95. The third-order valence-electron chi connectivity index (χ3n) is 5.64. The van der Waals surface area contributed by atoms with Gasteiger partial charge in [0.2, 0.25) is 0 Å². The highest BCUT2D eigenvalue weighted by Gasteiger charge is 2.20. The lowest BCUT2D eigenvalue weighted by Crippen LogP contribution is -2.46. The number of aromatic nitrogens is 4. The highest BCUT2D eigenvalue weighted by atomic mass is 35.5. The first-order valence-electron chi connectivity index (χ1n) is 10.0. The van der Waals surface area contributed by atoms with E-state index in [-0.39, 0.29) is 13.8 Å². The Morgan fingerprint density at radius 2 is 1.77 bits per heavy atom. The van der Waals surface area contributed by atoms with Crippen molar-refractivity contribution in [3.05, 3.63) is 72.3 Å². The maximum atomic E-state index is 4.64. The third-order valence-corrected chi connectivity index (χ3v) is 5.64. The number of anilines is 1. The molecule has 4 aromatic rings. The van der Waals surface area contributed by atoms with Crippen LogP contribution < -0.4 is 4.90 Å². The highest BCUT2D eigenvalue weighted by molar-refractivity contribution is 5.92. The van der Waals surface area contributed by atoms with Gasteiger partial charge < -0.3 is 6.33 Å². The van der Waals surface area contributed by atoms with Gasteiger partial charge in [-0.2, -0.15) is 5.10 Å². The fourth-order valence-corrected chi connectivity index (χ4v) is 3.95. The van der Waals surface area contributed by atoms with Crippen molar-refractivity contribution in [2.45, 2.75) is 13.5 Å². The minimum atomic E-state index is 0. The van der Waals surface area contributed by atoms with E-state index in [0.29, 0.717) is 0 Å². The lowest BCUT2D eigenvalue weighted by molar-refractivity contribution is 0.249. The third kappa shape index (κ3) is 4.15. The summed E-state index contributed by atoms with van der Waals surface area (Å²) in [5, 5.41) is 8.05. The van der Waals surface area contributed by atoms with Crippen molar-refractivity contribution in [1.29, 1.82) is 0 Å². The maximum absolute atomic E-state index is 4.64. The van der Waals surface area contributed by atoms with Crippen LogP contribution in [0.4, 0.5) is 5.82 Å². The van der Waals surface area contributed by atoms with Gasteiger partial charge in [0.1, 0.15) is 12.1 Å². The molecule has 0 amide bonds. The number of hydrogen-bond donors (Lipinski definition) is 1. The number of halogens is 1. The normalized spacial score (nSPS) is 14.6. The zero-order chi connectivity index (χ0) is 19.6. The van der Waals surface area contributed by atoms with Gasteiger partial charge in [-0.25, -0.2) is 9.97 Å². The van der Waals surface area contributed by atoms with Gasteiger partial charge in [-0.3, -0.25) is 10.00 Å². The first kappa shape index (κ1) is 20.3. The molecule has 1 aliphatic rings. The van der Waals surface area contributed by atoms with Crippen LogP contribution in [0.1, 0.15) is 12.6 Å². The van der Waals surface area contributed by atoms with Crippen LogP contribution >= 0.6 is 12.4 Å². The SMILES string of the molecule is Cc1ccc(CN2CCN(c3ncnc4ccc(-c5cn[nH]c5)cc34)CC2)cc1.Cl.[H-]. The average molecular weight is 422 g/mol. The van der Waals surface area contributed by atoms with Crippen molar-refractivity contribution >= 4 is 29.1 Å². The summed E-state index contributed by atoms with van der Waals surface area (Å²) in [6, 6.07) is 15.2. The number of hydrogen-bond acceptors (Lipinski definition) is 5. The molecular weight excluding hydrogens is 396 g/mol. The van der Waals surface area contributed by atoms with Gasteiger partial charge in [0.15, 0.2) is 0 Å². The molecule has 0 spiro atoms. The summed E-state index contributed by atoms with van der Waals surface area (Å²) in [7, 11) is 0. The molecule has 156 valence electrons. The zero-order valence-electron chi connectivity index (χ0n) is 18.0. The molecule has 6 nitrogen and oxygen atoms in total. The number of nitrogens with zero attached hydrogens (tertiary/aromatic N) is 5. The van der Waals surface area contributed by atoms with Gasteiger partial charge in [0.05, 0.1) is 11.7 Å². The van der Waals surface area contributed by atoms with E-state index in [1.54, 1.807) is 6.33 Å². The fraction of sp³-hybridized carbons (Fsp3) is 0.261. The van der Waals surface area contributed by atoms with E-state index in [0.717, 1.165) is 60.6 Å². The highest BCUT2D eigenvalue weighted by Crippen LogP contribution is 2.29. The number of H-pyrrole nitrogens is 1. The number of aromatic amines is 1. The molecule has 2 aromatic heterocycles. The molecule has 1 saturated heterocycles. The molecule has 2 aromatic carbocycles. The summed E-state index contributed by atoms with van der Waals surface area (Å²) in [5.41, 5.74) is 5.86. The lowest BCUT2D eigenvalue weighted by atomic mass is 10.1. The molecule has 0 aliphatic carbocycles. The number of nitrogens with one attached hydrogen (secondary N) is 1. The zero-order valence-corrected chi connectivity index (χ0v) is 17.8. The van der Waals surface area contributed by atoms with Crippen molar-refractivity contribution in [3.63, 3.8) is 0 Å². The van der Waals surface area contributed by atoms with Gasteiger partial charge in [-0.15, -0.1) is 12.4 Å². The van der Waals surface area contributed by atoms with E-state index < -0.39 is 0 Å². The summed E-state index contributed by atoms with van der Waals surface area (Å²) in [6.07, 6.45) is 5.43. The maximum Gasteiger partial charge on any atom is 0.139 e. The standard InChI is InChI=1S/C23H24N6.ClH.H/c1-17-2-4-18(5-3-17)15-28-8-10-29(11-9-28)23-21-12-19(20-13-26-27-14-20)6-7-22(21)24-16-25-23;;/h2-7,12-14,16H,8-11,15H2,1H3,(H,26,27);1H;/q;;-1. The molecule has 3 heterocycles. The van der Waals surface area contributed by atoms with Crippen LogP contribution in [0, 0.1) is 6.92 Å². The van der Waals surface area contributed by atoms with Crippen LogP contribution in [0.25, 0.3) is 22.0 Å². The molecule has 1 aliphatic heterocycles. The number of fused-ring (bicyclic) bond motifs is 1. The second kappa shape index (κ2) is 8.81. The van der Waals surface area contributed by atoms with Crippen molar-refractivity contribution < 1.29 is 1.43 Å². The minimum Gasteiger partial charge on any atom is -1.00 e. The number of benzene rings is 2. The number of piperazine rings is 1. The van der Waals surface area contributed by atoms with Crippen LogP contribution in [-0.2, 0) is 6.54 Å². The molecule has 1 N–H and O–H groups in total. The summed E-state index contributed by atoms with van der Waals surface area (Å²) in [5.74, 6) is 1.02. The van der Waals surface area contributed by atoms with Gasteiger partial charge in [0, 0.05) is 49.9 Å². The summed E-state index contributed by atoms with van der Waals surface area (Å²) in [6.45, 7) is 7.12. The molecule has 0 bridgehead atoms. The van der Waals surface area contributed by atoms with Gasteiger partial charge in [-0.05, 0) is 30.2 Å². The van der Waals surface area contributed by atoms with Crippen LogP contribution in [0.15, 0.2) is 61.2 Å². The summed E-state index contributed by atoms with van der Waals surface area (Å²) >= 11 is 0. The molecule has 7 heteroatoms. The van der Waals surface area contributed by atoms with E-state index in [1.807, 2.05) is 12.4 Å². The van der Waals surface area contributed by atoms with Gasteiger partial charge in [0.25, 0.3) is 0 Å². The summed E-state index contributed by atoms with van der Waals surface area (Å²) < 4.78 is 0. The Labute approximate surface area is 183 Å². The van der Waals surface area contributed by atoms with Crippen LogP contribution in [0.5, 0.6) is 0 Å². The first-order valence-corrected chi connectivity index (χ1v) is 10.0. The van der Waals surface area contributed by atoms with E-state index in [4.69, 9.17) is 0 Å². The predicted molar refractivity (Wildman–Crippen MR) is 124 cm³/mol.